The number of primary amides is 1. The van der Waals surface area contributed by atoms with Crippen molar-refractivity contribution in [2.75, 3.05) is 0 Å². The molecule has 2 N–H and O–H groups in total. The molecule has 0 atom stereocenters. The van der Waals surface area contributed by atoms with Gasteiger partial charge in [0.2, 0.25) is 0 Å². The Hall–Kier alpha value is -1.74. The Morgan fingerprint density at radius 1 is 1.27 bits per heavy atom. The molecule has 0 aliphatic heterocycles. The Kier molecular flexibility index (Phi) is 5.30. The molecule has 0 aliphatic rings. The number of halogens is 1. The largest absolute Gasteiger partial charge is 0.366 e. The third-order valence-corrected chi connectivity index (χ3v) is 4.42. The number of nitrogens with two attached hydrogens (primary N) is 1. The van der Waals surface area contributed by atoms with Gasteiger partial charge < -0.3 is 10.3 Å². The Morgan fingerprint density at radius 2 is 1.95 bits per heavy atom. The molecule has 2 rings (SSSR count). The van der Waals surface area contributed by atoms with E-state index in [2.05, 4.69) is 18.4 Å². The van der Waals surface area contributed by atoms with Crippen molar-refractivity contribution in [3.8, 4) is 11.1 Å². The van der Waals surface area contributed by atoms with Crippen LogP contribution in [-0.2, 0) is 13.0 Å². The fourth-order valence-corrected chi connectivity index (χ4v) is 3.27. The Morgan fingerprint density at radius 3 is 2.50 bits per heavy atom. The predicted octanol–water partition coefficient (Wildman–Crippen LogP) is 4.58. The first-order chi connectivity index (χ1) is 10.5. The van der Waals surface area contributed by atoms with Crippen LogP contribution in [0.1, 0.15) is 48.4 Å². The molecule has 0 aliphatic carbocycles. The van der Waals surface area contributed by atoms with E-state index in [1.165, 1.54) is 0 Å². The van der Waals surface area contributed by atoms with Crippen LogP contribution in [0.4, 0.5) is 0 Å². The minimum absolute atomic E-state index is 0.391. The molecule has 0 spiro atoms. The van der Waals surface area contributed by atoms with Crippen LogP contribution in [-0.4, -0.2) is 10.5 Å². The summed E-state index contributed by atoms with van der Waals surface area (Å²) in [6, 6.07) is 7.62. The number of carbonyl (C=O) groups excluding carboxylic acids is 1. The summed E-state index contributed by atoms with van der Waals surface area (Å²) in [6.07, 6.45) is 3.01. The van der Waals surface area contributed by atoms with Crippen molar-refractivity contribution in [3.05, 3.63) is 46.2 Å². The first-order valence-electron chi connectivity index (χ1n) is 7.79. The van der Waals surface area contributed by atoms with Crippen molar-refractivity contribution < 1.29 is 4.79 Å². The summed E-state index contributed by atoms with van der Waals surface area (Å²) in [7, 11) is 0. The highest BCUT2D eigenvalue weighted by Gasteiger charge is 2.24. The van der Waals surface area contributed by atoms with E-state index in [-0.39, 0.29) is 0 Å². The lowest BCUT2D eigenvalue weighted by Crippen LogP contribution is -2.13. The number of hydrogen-bond donors (Lipinski definition) is 1. The highest BCUT2D eigenvalue weighted by Crippen LogP contribution is 2.37. The molecule has 1 heterocycles. The first kappa shape index (κ1) is 16.6. The van der Waals surface area contributed by atoms with Gasteiger partial charge in [-0.3, -0.25) is 4.79 Å². The average molecular weight is 319 g/mol. The monoisotopic (exact) mass is 318 g/mol. The van der Waals surface area contributed by atoms with Crippen LogP contribution in [0.3, 0.4) is 0 Å². The molecule has 4 heteroatoms. The number of hydrogen-bond acceptors (Lipinski definition) is 1. The Bertz CT molecular complexity index is 689. The highest BCUT2D eigenvalue weighted by atomic mass is 35.5. The van der Waals surface area contributed by atoms with Gasteiger partial charge in [0.1, 0.15) is 0 Å². The van der Waals surface area contributed by atoms with Crippen LogP contribution in [0.2, 0.25) is 5.02 Å². The fourth-order valence-electron chi connectivity index (χ4n) is 3.04. The van der Waals surface area contributed by atoms with Gasteiger partial charge in [-0.2, -0.15) is 0 Å². The van der Waals surface area contributed by atoms with E-state index in [9.17, 15) is 4.79 Å². The molecular weight excluding hydrogens is 296 g/mol. The van der Waals surface area contributed by atoms with Crippen LogP contribution < -0.4 is 5.73 Å². The maximum atomic E-state index is 12.0. The summed E-state index contributed by atoms with van der Waals surface area (Å²) in [5.41, 5.74) is 10.1. The number of nitrogens with zero attached hydrogens (tertiary/aromatic N) is 1. The molecule has 0 fully saturated rings. The molecule has 1 aromatic heterocycles. The van der Waals surface area contributed by atoms with Crippen LogP contribution in [0.25, 0.3) is 11.1 Å². The lowest BCUT2D eigenvalue weighted by atomic mass is 9.99. The standard InChI is InChI=1S/C18H23ClN2O/c1-4-6-11-21-12(3)16(18(20)22)17(15(21)5-2)13-9-7-8-10-14(13)19/h7-10H,4-6,11H2,1-3H3,(H2,20,22). The van der Waals surface area contributed by atoms with E-state index >= 15 is 0 Å². The van der Waals surface area contributed by atoms with Crippen LogP contribution in [0.5, 0.6) is 0 Å². The second kappa shape index (κ2) is 7.01. The molecule has 0 saturated carbocycles. The lowest BCUT2D eigenvalue weighted by Gasteiger charge is -2.11. The smallest absolute Gasteiger partial charge is 0.251 e. The number of benzene rings is 1. The van der Waals surface area contributed by atoms with Gasteiger partial charge >= 0.3 is 0 Å². The fraction of sp³-hybridized carbons (Fsp3) is 0.389. The Labute approximate surface area is 137 Å². The van der Waals surface area contributed by atoms with Gasteiger partial charge in [-0.25, -0.2) is 0 Å². The number of amides is 1. The summed E-state index contributed by atoms with van der Waals surface area (Å²) in [5, 5.41) is 0.646. The third kappa shape index (κ3) is 2.91. The van der Waals surface area contributed by atoms with E-state index in [4.69, 9.17) is 17.3 Å². The molecule has 3 nitrogen and oxygen atoms in total. The number of unbranched alkanes of at least 4 members (excludes halogenated alkanes) is 1. The SMILES string of the molecule is CCCCn1c(C)c(C(N)=O)c(-c2ccccc2Cl)c1CC. The van der Waals surface area contributed by atoms with Crippen molar-refractivity contribution in [2.24, 2.45) is 5.73 Å². The van der Waals surface area contributed by atoms with E-state index in [1.807, 2.05) is 31.2 Å². The van der Waals surface area contributed by atoms with E-state index < -0.39 is 5.91 Å². The van der Waals surface area contributed by atoms with Crippen molar-refractivity contribution in [1.82, 2.24) is 4.57 Å². The van der Waals surface area contributed by atoms with Crippen LogP contribution >= 0.6 is 11.6 Å². The summed E-state index contributed by atoms with van der Waals surface area (Å²) in [6.45, 7) is 7.13. The molecule has 118 valence electrons. The van der Waals surface area contributed by atoms with Crippen molar-refractivity contribution in [3.63, 3.8) is 0 Å². The predicted molar refractivity (Wildman–Crippen MR) is 92.4 cm³/mol. The number of aromatic nitrogens is 1. The molecular formula is C18H23ClN2O. The van der Waals surface area contributed by atoms with Gasteiger partial charge in [0, 0.05) is 34.1 Å². The van der Waals surface area contributed by atoms with Gasteiger partial charge in [0.15, 0.2) is 0 Å². The zero-order valence-electron chi connectivity index (χ0n) is 13.4. The maximum Gasteiger partial charge on any atom is 0.251 e. The number of rotatable bonds is 6. The second-order valence-electron chi connectivity index (χ2n) is 5.48. The zero-order chi connectivity index (χ0) is 16.3. The molecule has 22 heavy (non-hydrogen) atoms. The first-order valence-corrected chi connectivity index (χ1v) is 8.17. The second-order valence-corrected chi connectivity index (χ2v) is 5.89. The highest BCUT2D eigenvalue weighted by molar-refractivity contribution is 6.33. The summed E-state index contributed by atoms with van der Waals surface area (Å²) < 4.78 is 2.22. The molecule has 1 aromatic carbocycles. The van der Waals surface area contributed by atoms with E-state index in [0.717, 1.165) is 48.3 Å². The lowest BCUT2D eigenvalue weighted by molar-refractivity contribution is 0.1000. The average Bonchev–Trinajstić information content (AvgIpc) is 2.77. The van der Waals surface area contributed by atoms with Gasteiger partial charge in [-0.15, -0.1) is 0 Å². The van der Waals surface area contributed by atoms with E-state index in [1.54, 1.807) is 0 Å². The summed E-state index contributed by atoms with van der Waals surface area (Å²) in [5.74, 6) is -0.391. The quantitative estimate of drug-likeness (QED) is 0.832. The summed E-state index contributed by atoms with van der Waals surface area (Å²) in [4.78, 5) is 12.0. The third-order valence-electron chi connectivity index (χ3n) is 4.09. The van der Waals surface area contributed by atoms with Crippen molar-refractivity contribution in [1.29, 1.82) is 0 Å². The normalized spacial score (nSPS) is 10.9. The van der Waals surface area contributed by atoms with E-state index in [0.29, 0.717) is 10.6 Å². The molecule has 0 bridgehead atoms. The zero-order valence-corrected chi connectivity index (χ0v) is 14.2. The van der Waals surface area contributed by atoms with Crippen molar-refractivity contribution >= 4 is 17.5 Å². The van der Waals surface area contributed by atoms with Gasteiger partial charge in [-0.05, 0) is 25.8 Å². The number of carbonyl (C=O) groups is 1. The van der Waals surface area contributed by atoms with Crippen LogP contribution in [0.15, 0.2) is 24.3 Å². The minimum atomic E-state index is -0.391. The topological polar surface area (TPSA) is 48.0 Å². The minimum Gasteiger partial charge on any atom is -0.366 e. The molecule has 0 unspecified atom stereocenters. The van der Waals surface area contributed by atoms with Crippen molar-refractivity contribution in [2.45, 2.75) is 46.6 Å². The molecule has 1 amide bonds. The molecule has 0 saturated heterocycles. The molecule has 2 aromatic rings. The maximum absolute atomic E-state index is 12.0. The molecule has 0 radical (unpaired) electrons. The van der Waals surface area contributed by atoms with Gasteiger partial charge in [0.05, 0.1) is 5.56 Å². The van der Waals surface area contributed by atoms with Crippen LogP contribution in [0, 0.1) is 6.92 Å². The van der Waals surface area contributed by atoms with Gasteiger partial charge in [-0.1, -0.05) is 50.1 Å². The summed E-state index contributed by atoms with van der Waals surface area (Å²) >= 11 is 6.37. The Balaban J connectivity index is 2.76. The van der Waals surface area contributed by atoms with Gasteiger partial charge in [0.25, 0.3) is 5.91 Å².